The maximum atomic E-state index is 13.3. The molecule has 0 radical (unpaired) electrons. The highest BCUT2D eigenvalue weighted by atomic mass is 19.1. The number of rotatable bonds is 5. The SMILES string of the molecule is Cc1ccc2cc(C(c3nnnn3Cc3ccc(F)cc3)N3CCCCC3)c(=O)[nH]c2c1. The van der Waals surface area contributed by atoms with Gasteiger partial charge in [-0.25, -0.2) is 9.07 Å². The number of aromatic amines is 1. The van der Waals surface area contributed by atoms with Gasteiger partial charge in [-0.05, 0) is 84.1 Å². The van der Waals surface area contributed by atoms with E-state index in [4.69, 9.17) is 0 Å². The maximum absolute atomic E-state index is 13.3. The van der Waals surface area contributed by atoms with E-state index >= 15 is 0 Å². The lowest BCUT2D eigenvalue weighted by Crippen LogP contribution is -2.38. The summed E-state index contributed by atoms with van der Waals surface area (Å²) in [5.74, 6) is 0.336. The van der Waals surface area contributed by atoms with E-state index in [1.807, 2.05) is 31.2 Å². The van der Waals surface area contributed by atoms with Crippen molar-refractivity contribution in [3.8, 4) is 0 Å². The fraction of sp³-hybridized carbons (Fsp3) is 0.333. The molecule has 1 aliphatic rings. The molecule has 3 heterocycles. The number of tetrazole rings is 1. The summed E-state index contributed by atoms with van der Waals surface area (Å²) in [6.07, 6.45) is 3.32. The summed E-state index contributed by atoms with van der Waals surface area (Å²) in [6, 6.07) is 14.0. The molecule has 1 N–H and O–H groups in total. The van der Waals surface area contributed by atoms with Crippen LogP contribution in [0.2, 0.25) is 0 Å². The number of halogens is 1. The fourth-order valence-corrected chi connectivity index (χ4v) is 4.49. The zero-order valence-corrected chi connectivity index (χ0v) is 18.0. The second-order valence-corrected chi connectivity index (χ2v) is 8.46. The van der Waals surface area contributed by atoms with E-state index < -0.39 is 0 Å². The highest BCUT2D eigenvalue weighted by molar-refractivity contribution is 5.79. The molecule has 1 fully saturated rings. The zero-order chi connectivity index (χ0) is 22.1. The van der Waals surface area contributed by atoms with Crippen molar-refractivity contribution in [2.24, 2.45) is 0 Å². The van der Waals surface area contributed by atoms with Crippen molar-refractivity contribution in [1.29, 1.82) is 0 Å². The van der Waals surface area contributed by atoms with Crippen LogP contribution in [-0.4, -0.2) is 43.2 Å². The number of H-pyrrole nitrogens is 1. The molecule has 0 spiro atoms. The Morgan fingerprint density at radius 1 is 1.06 bits per heavy atom. The third-order valence-corrected chi connectivity index (χ3v) is 6.13. The van der Waals surface area contributed by atoms with Crippen molar-refractivity contribution < 1.29 is 4.39 Å². The third-order valence-electron chi connectivity index (χ3n) is 6.13. The number of fused-ring (bicyclic) bond motifs is 1. The van der Waals surface area contributed by atoms with Gasteiger partial charge in [0.2, 0.25) is 0 Å². The first-order chi connectivity index (χ1) is 15.6. The Morgan fingerprint density at radius 3 is 2.62 bits per heavy atom. The molecule has 0 bridgehead atoms. The number of aromatic nitrogens is 5. The maximum Gasteiger partial charge on any atom is 0.253 e. The van der Waals surface area contributed by atoms with Gasteiger partial charge in [-0.1, -0.05) is 30.7 Å². The lowest BCUT2D eigenvalue weighted by Gasteiger charge is -2.33. The summed E-state index contributed by atoms with van der Waals surface area (Å²) in [7, 11) is 0. The van der Waals surface area contributed by atoms with Crippen molar-refractivity contribution in [2.45, 2.75) is 38.8 Å². The van der Waals surface area contributed by atoms with Crippen LogP contribution in [0.3, 0.4) is 0 Å². The minimum Gasteiger partial charge on any atom is -0.322 e. The average Bonchev–Trinajstić information content (AvgIpc) is 3.24. The van der Waals surface area contributed by atoms with Crippen LogP contribution in [0, 0.1) is 12.7 Å². The average molecular weight is 433 g/mol. The lowest BCUT2D eigenvalue weighted by atomic mass is 10.00. The predicted molar refractivity (Wildman–Crippen MR) is 120 cm³/mol. The van der Waals surface area contributed by atoms with Crippen molar-refractivity contribution in [3.05, 3.63) is 87.2 Å². The zero-order valence-electron chi connectivity index (χ0n) is 18.0. The van der Waals surface area contributed by atoms with Gasteiger partial charge >= 0.3 is 0 Å². The molecule has 8 heteroatoms. The van der Waals surface area contributed by atoms with Gasteiger partial charge in [0.25, 0.3) is 5.56 Å². The Balaban J connectivity index is 1.60. The van der Waals surface area contributed by atoms with Crippen molar-refractivity contribution in [3.63, 3.8) is 0 Å². The number of aryl methyl sites for hydroxylation is 1. The fourth-order valence-electron chi connectivity index (χ4n) is 4.49. The highest BCUT2D eigenvalue weighted by Gasteiger charge is 2.31. The van der Waals surface area contributed by atoms with Crippen LogP contribution < -0.4 is 5.56 Å². The Morgan fingerprint density at radius 2 is 1.84 bits per heavy atom. The van der Waals surface area contributed by atoms with Crippen LogP contribution in [-0.2, 0) is 6.54 Å². The summed E-state index contributed by atoms with van der Waals surface area (Å²) in [4.78, 5) is 18.6. The van der Waals surface area contributed by atoms with Crippen LogP contribution in [0.4, 0.5) is 4.39 Å². The molecule has 5 rings (SSSR count). The molecule has 1 aliphatic heterocycles. The minimum atomic E-state index is -0.361. The minimum absolute atomic E-state index is 0.130. The molecule has 0 amide bonds. The third kappa shape index (κ3) is 4.05. The number of hydrogen-bond acceptors (Lipinski definition) is 5. The Labute approximate surface area is 184 Å². The molecular weight excluding hydrogens is 407 g/mol. The number of pyridine rings is 1. The van der Waals surface area contributed by atoms with E-state index in [1.54, 1.807) is 16.8 Å². The second-order valence-electron chi connectivity index (χ2n) is 8.46. The lowest BCUT2D eigenvalue weighted by molar-refractivity contribution is 0.177. The van der Waals surface area contributed by atoms with E-state index in [1.165, 1.54) is 18.6 Å². The van der Waals surface area contributed by atoms with Crippen LogP contribution in [0.5, 0.6) is 0 Å². The van der Waals surface area contributed by atoms with Gasteiger partial charge < -0.3 is 4.98 Å². The Bertz CT molecular complexity index is 1290. The van der Waals surface area contributed by atoms with Gasteiger partial charge in [-0.15, -0.1) is 5.10 Å². The first kappa shape index (κ1) is 20.5. The molecule has 2 aromatic heterocycles. The van der Waals surface area contributed by atoms with Gasteiger partial charge in [0.15, 0.2) is 5.82 Å². The summed E-state index contributed by atoms with van der Waals surface area (Å²) in [5, 5.41) is 13.5. The molecule has 1 saturated heterocycles. The number of piperidine rings is 1. The summed E-state index contributed by atoms with van der Waals surface area (Å²) in [6.45, 7) is 4.16. The van der Waals surface area contributed by atoms with E-state index in [0.717, 1.165) is 48.0 Å². The van der Waals surface area contributed by atoms with Gasteiger partial charge in [0.05, 0.1) is 6.54 Å². The number of likely N-dealkylation sites (tertiary alicyclic amines) is 1. The van der Waals surface area contributed by atoms with E-state index in [2.05, 4.69) is 25.4 Å². The summed E-state index contributed by atoms with van der Waals surface area (Å²) < 4.78 is 15.1. The summed E-state index contributed by atoms with van der Waals surface area (Å²) in [5.41, 5.74) is 3.31. The number of nitrogens with one attached hydrogen (secondary N) is 1. The molecule has 0 aliphatic carbocycles. The molecule has 1 atom stereocenters. The topological polar surface area (TPSA) is 79.7 Å². The standard InChI is InChI=1S/C24H25FN6O/c1-16-5-8-18-14-20(24(32)26-21(18)13-16)22(30-11-3-2-4-12-30)23-27-28-29-31(23)15-17-6-9-19(25)10-7-17/h5-10,13-14,22H,2-4,11-12,15H2,1H3,(H,26,32). The van der Waals surface area contributed by atoms with E-state index in [9.17, 15) is 9.18 Å². The molecule has 32 heavy (non-hydrogen) atoms. The number of hydrogen-bond donors (Lipinski definition) is 1. The van der Waals surface area contributed by atoms with E-state index in [0.29, 0.717) is 17.9 Å². The first-order valence-electron chi connectivity index (χ1n) is 11.0. The largest absolute Gasteiger partial charge is 0.322 e. The van der Waals surface area contributed by atoms with Gasteiger partial charge in [0.1, 0.15) is 11.9 Å². The molecule has 7 nitrogen and oxygen atoms in total. The van der Waals surface area contributed by atoms with Crippen LogP contribution in [0.25, 0.3) is 10.9 Å². The summed E-state index contributed by atoms with van der Waals surface area (Å²) >= 11 is 0. The van der Waals surface area contributed by atoms with Crippen molar-refractivity contribution >= 4 is 10.9 Å². The second kappa shape index (κ2) is 8.63. The van der Waals surface area contributed by atoms with Gasteiger partial charge in [0, 0.05) is 11.1 Å². The molecule has 1 unspecified atom stereocenters. The Hall–Kier alpha value is -3.39. The molecule has 4 aromatic rings. The van der Waals surface area contributed by atoms with Crippen LogP contribution in [0.1, 0.15) is 47.8 Å². The quantitative estimate of drug-likeness (QED) is 0.521. The normalized spacial score (nSPS) is 15.8. The predicted octanol–water partition coefficient (Wildman–Crippen LogP) is 3.59. The van der Waals surface area contributed by atoms with Gasteiger partial charge in [-0.3, -0.25) is 9.69 Å². The molecule has 164 valence electrons. The monoisotopic (exact) mass is 432 g/mol. The molecule has 2 aromatic carbocycles. The van der Waals surface area contributed by atoms with Crippen LogP contribution >= 0.6 is 0 Å². The number of benzene rings is 2. The Kier molecular flexibility index (Phi) is 5.53. The van der Waals surface area contributed by atoms with Crippen LogP contribution in [0.15, 0.2) is 53.3 Å². The van der Waals surface area contributed by atoms with Crippen molar-refractivity contribution in [2.75, 3.05) is 13.1 Å². The number of nitrogens with zero attached hydrogens (tertiary/aromatic N) is 5. The van der Waals surface area contributed by atoms with Crippen molar-refractivity contribution in [1.82, 2.24) is 30.1 Å². The molecule has 0 saturated carbocycles. The van der Waals surface area contributed by atoms with Gasteiger partial charge in [-0.2, -0.15) is 0 Å². The first-order valence-corrected chi connectivity index (χ1v) is 11.0. The smallest absolute Gasteiger partial charge is 0.253 e. The highest BCUT2D eigenvalue weighted by Crippen LogP contribution is 2.29. The van der Waals surface area contributed by atoms with E-state index in [-0.39, 0.29) is 17.4 Å². The molecular formula is C24H25FN6O.